The smallest absolute Gasteiger partial charge is 0.141 e. The zero-order valence-corrected chi connectivity index (χ0v) is 12.1. The number of benzene rings is 1. The monoisotopic (exact) mass is 311 g/mol. The van der Waals surface area contributed by atoms with Gasteiger partial charge in [0.05, 0.1) is 19.1 Å². The van der Waals surface area contributed by atoms with Crippen LogP contribution in [0.4, 0.5) is 0 Å². The van der Waals surface area contributed by atoms with Crippen LogP contribution in [-0.2, 0) is 16.1 Å². The molecule has 1 aliphatic rings. The molecule has 0 amide bonds. The highest BCUT2D eigenvalue weighted by Gasteiger charge is 2.23. The van der Waals surface area contributed by atoms with Gasteiger partial charge in [-0.1, -0.05) is 28.1 Å². The lowest BCUT2D eigenvalue weighted by Gasteiger charge is -2.26. The van der Waals surface area contributed by atoms with Crippen molar-refractivity contribution >= 4 is 21.7 Å². The third-order valence-corrected chi connectivity index (χ3v) is 3.63. The van der Waals surface area contributed by atoms with Gasteiger partial charge in [-0.05, 0) is 24.7 Å². The van der Waals surface area contributed by atoms with Crippen molar-refractivity contribution in [3.8, 4) is 0 Å². The summed E-state index contributed by atoms with van der Waals surface area (Å²) in [5.74, 6) is 0.373. The first-order valence-corrected chi connectivity index (χ1v) is 6.98. The average molecular weight is 312 g/mol. The van der Waals surface area contributed by atoms with Crippen molar-refractivity contribution in [3.05, 3.63) is 34.3 Å². The topological polar surface area (TPSA) is 29.5 Å². The van der Waals surface area contributed by atoms with E-state index in [-0.39, 0.29) is 5.92 Å². The summed E-state index contributed by atoms with van der Waals surface area (Å²) in [7, 11) is 2.04. The van der Waals surface area contributed by atoms with Crippen LogP contribution in [0.1, 0.15) is 12.0 Å². The van der Waals surface area contributed by atoms with E-state index in [2.05, 4.69) is 33.0 Å². The molecule has 98 valence electrons. The molecule has 2 rings (SSSR count). The molecule has 0 aromatic heterocycles. The summed E-state index contributed by atoms with van der Waals surface area (Å²) in [6, 6.07) is 8.25. The highest BCUT2D eigenvalue weighted by molar-refractivity contribution is 9.10. The normalized spacial score (nSPS) is 20.4. The quantitative estimate of drug-likeness (QED) is 0.855. The van der Waals surface area contributed by atoms with Crippen molar-refractivity contribution in [3.63, 3.8) is 0 Å². The van der Waals surface area contributed by atoms with Gasteiger partial charge in [0.1, 0.15) is 5.78 Å². The molecule has 0 spiro atoms. The van der Waals surface area contributed by atoms with Gasteiger partial charge in [-0.3, -0.25) is 4.79 Å². The SMILES string of the molecule is CN(Cc1cccc(Br)c1)CC1COCCC1=O. The fourth-order valence-electron chi connectivity index (χ4n) is 2.24. The number of carbonyl (C=O) groups is 1. The van der Waals surface area contributed by atoms with Crippen molar-refractivity contribution < 1.29 is 9.53 Å². The standard InChI is InChI=1S/C14H18BrNO2/c1-16(8-11-3-2-4-13(15)7-11)9-12-10-18-6-5-14(12)17/h2-4,7,12H,5-6,8-10H2,1H3. The second-order valence-electron chi connectivity index (χ2n) is 4.81. The van der Waals surface area contributed by atoms with Gasteiger partial charge in [0.2, 0.25) is 0 Å². The van der Waals surface area contributed by atoms with Gasteiger partial charge in [0.15, 0.2) is 0 Å². The highest BCUT2D eigenvalue weighted by atomic mass is 79.9. The number of nitrogens with zero attached hydrogens (tertiary/aromatic N) is 1. The maximum atomic E-state index is 11.7. The molecule has 1 atom stereocenters. The number of hydrogen-bond acceptors (Lipinski definition) is 3. The number of halogens is 1. The number of ether oxygens (including phenoxy) is 1. The van der Waals surface area contributed by atoms with E-state index in [0.717, 1.165) is 17.6 Å². The zero-order chi connectivity index (χ0) is 13.0. The maximum absolute atomic E-state index is 11.7. The van der Waals surface area contributed by atoms with E-state index in [0.29, 0.717) is 25.4 Å². The van der Waals surface area contributed by atoms with Crippen LogP contribution < -0.4 is 0 Å². The first-order valence-electron chi connectivity index (χ1n) is 6.18. The molecule has 1 aromatic carbocycles. The van der Waals surface area contributed by atoms with Gasteiger partial charge in [-0.15, -0.1) is 0 Å². The Morgan fingerprint density at radius 3 is 3.06 bits per heavy atom. The molecule has 18 heavy (non-hydrogen) atoms. The number of carbonyl (C=O) groups excluding carboxylic acids is 1. The van der Waals surface area contributed by atoms with E-state index in [1.54, 1.807) is 0 Å². The Balaban J connectivity index is 1.88. The molecule has 1 saturated heterocycles. The van der Waals surface area contributed by atoms with Gasteiger partial charge >= 0.3 is 0 Å². The lowest BCUT2D eigenvalue weighted by Crippen LogP contribution is -2.36. The largest absolute Gasteiger partial charge is 0.380 e. The number of rotatable bonds is 4. The van der Waals surface area contributed by atoms with Gasteiger partial charge in [0, 0.05) is 24.0 Å². The van der Waals surface area contributed by atoms with E-state index in [9.17, 15) is 4.79 Å². The van der Waals surface area contributed by atoms with Crippen LogP contribution in [0.25, 0.3) is 0 Å². The molecule has 1 aromatic rings. The molecule has 1 fully saturated rings. The molecule has 4 heteroatoms. The second-order valence-corrected chi connectivity index (χ2v) is 5.73. The summed E-state index contributed by atoms with van der Waals surface area (Å²) in [6.07, 6.45) is 0.565. The lowest BCUT2D eigenvalue weighted by molar-refractivity contribution is -0.131. The Morgan fingerprint density at radius 1 is 1.50 bits per heavy atom. The van der Waals surface area contributed by atoms with Crippen LogP contribution in [0.15, 0.2) is 28.7 Å². The van der Waals surface area contributed by atoms with Crippen LogP contribution in [0.2, 0.25) is 0 Å². The van der Waals surface area contributed by atoms with Crippen LogP contribution in [0.3, 0.4) is 0 Å². The van der Waals surface area contributed by atoms with E-state index in [4.69, 9.17) is 4.74 Å². The second kappa shape index (κ2) is 6.45. The fraction of sp³-hybridized carbons (Fsp3) is 0.500. The first kappa shape index (κ1) is 13.7. The Kier molecular flexibility index (Phi) is 4.92. The molecule has 0 bridgehead atoms. The van der Waals surface area contributed by atoms with Crippen LogP contribution >= 0.6 is 15.9 Å². The minimum Gasteiger partial charge on any atom is -0.380 e. The van der Waals surface area contributed by atoms with Crippen LogP contribution in [0, 0.1) is 5.92 Å². The number of ketones is 1. The van der Waals surface area contributed by atoms with Gasteiger partial charge in [-0.2, -0.15) is 0 Å². The van der Waals surface area contributed by atoms with Gasteiger partial charge < -0.3 is 9.64 Å². The minimum atomic E-state index is 0.0379. The third kappa shape index (κ3) is 3.90. The predicted octanol–water partition coefficient (Wildman–Crippen LogP) is 2.49. The van der Waals surface area contributed by atoms with E-state index in [1.807, 2.05) is 19.2 Å². The highest BCUT2D eigenvalue weighted by Crippen LogP contribution is 2.15. The zero-order valence-electron chi connectivity index (χ0n) is 10.6. The first-order chi connectivity index (χ1) is 8.65. The molecule has 1 unspecified atom stereocenters. The summed E-state index contributed by atoms with van der Waals surface area (Å²) >= 11 is 3.47. The Morgan fingerprint density at radius 2 is 2.33 bits per heavy atom. The Bertz CT molecular complexity index is 422. The third-order valence-electron chi connectivity index (χ3n) is 3.14. The predicted molar refractivity (Wildman–Crippen MR) is 74.4 cm³/mol. The van der Waals surface area contributed by atoms with Crippen molar-refractivity contribution in [1.29, 1.82) is 0 Å². The van der Waals surface area contributed by atoms with E-state index < -0.39 is 0 Å². The van der Waals surface area contributed by atoms with E-state index >= 15 is 0 Å². The number of hydrogen-bond donors (Lipinski definition) is 0. The summed E-state index contributed by atoms with van der Waals surface area (Å²) < 4.78 is 6.46. The maximum Gasteiger partial charge on any atom is 0.141 e. The summed E-state index contributed by atoms with van der Waals surface area (Å²) in [6.45, 7) is 2.78. The summed E-state index contributed by atoms with van der Waals surface area (Å²) in [5, 5.41) is 0. The van der Waals surface area contributed by atoms with E-state index in [1.165, 1.54) is 5.56 Å². The molecule has 0 N–H and O–H groups in total. The molecule has 3 nitrogen and oxygen atoms in total. The molecule has 1 aliphatic heterocycles. The molecular weight excluding hydrogens is 294 g/mol. The molecular formula is C14H18BrNO2. The van der Waals surface area contributed by atoms with Gasteiger partial charge in [0.25, 0.3) is 0 Å². The van der Waals surface area contributed by atoms with Crippen LogP contribution in [-0.4, -0.2) is 37.5 Å². The number of Topliss-reactive ketones (excluding diaryl/α,β-unsaturated/α-hetero) is 1. The van der Waals surface area contributed by atoms with Crippen LogP contribution in [0.5, 0.6) is 0 Å². The summed E-state index contributed by atoms with van der Waals surface area (Å²) in [4.78, 5) is 13.9. The van der Waals surface area contributed by atoms with Crippen molar-refractivity contribution in [2.75, 3.05) is 26.8 Å². The average Bonchev–Trinajstić information content (AvgIpc) is 2.32. The van der Waals surface area contributed by atoms with Crippen molar-refractivity contribution in [1.82, 2.24) is 4.90 Å². The molecule has 0 aliphatic carbocycles. The van der Waals surface area contributed by atoms with Crippen molar-refractivity contribution in [2.24, 2.45) is 5.92 Å². The van der Waals surface area contributed by atoms with Crippen molar-refractivity contribution in [2.45, 2.75) is 13.0 Å². The lowest BCUT2D eigenvalue weighted by atomic mass is 10.00. The minimum absolute atomic E-state index is 0.0379. The fourth-order valence-corrected chi connectivity index (χ4v) is 2.68. The molecule has 1 heterocycles. The summed E-state index contributed by atoms with van der Waals surface area (Å²) in [5.41, 5.74) is 1.25. The molecule has 0 saturated carbocycles. The van der Waals surface area contributed by atoms with Gasteiger partial charge in [-0.25, -0.2) is 0 Å². The Labute approximate surface area is 116 Å². The molecule has 0 radical (unpaired) electrons. The Hall–Kier alpha value is -0.710.